The molecule has 1 rings (SSSR count). The third-order valence-electron chi connectivity index (χ3n) is 1.44. The summed E-state index contributed by atoms with van der Waals surface area (Å²) in [6.07, 6.45) is 2.36. The van der Waals surface area contributed by atoms with Gasteiger partial charge in [-0.15, -0.1) is 0 Å². The van der Waals surface area contributed by atoms with E-state index in [1.165, 1.54) is 6.42 Å². The molecule has 0 spiro atoms. The van der Waals surface area contributed by atoms with Crippen molar-refractivity contribution in [3.8, 4) is 0 Å². The molecule has 0 aromatic heterocycles. The predicted octanol–water partition coefficient (Wildman–Crippen LogP) is 0.254. The number of piperidine rings is 1. The highest BCUT2D eigenvalue weighted by Gasteiger charge is 2.12. The second-order valence-electron chi connectivity index (χ2n) is 2.31. The quantitative estimate of drug-likeness (QED) is 0.463. The molecular weight excluding hydrogens is 120 g/mol. The lowest BCUT2D eigenvalue weighted by Crippen LogP contribution is -2.37. The standard InChI is InChI=1S/C5H12N2S/c6-5-2-1-3-7(8)4-5/h5,8H,1-4,6H2/t5-/m1/s1. The summed E-state index contributed by atoms with van der Waals surface area (Å²) < 4.78 is 1.98. The van der Waals surface area contributed by atoms with E-state index in [0.717, 1.165) is 19.5 Å². The van der Waals surface area contributed by atoms with Crippen LogP contribution in [0.1, 0.15) is 12.8 Å². The van der Waals surface area contributed by atoms with Crippen molar-refractivity contribution in [1.82, 2.24) is 4.31 Å². The first-order valence-electron chi connectivity index (χ1n) is 2.98. The van der Waals surface area contributed by atoms with Gasteiger partial charge in [-0.3, -0.25) is 4.31 Å². The molecule has 3 heteroatoms. The van der Waals surface area contributed by atoms with Crippen molar-refractivity contribution in [2.75, 3.05) is 13.1 Å². The molecular formula is C5H12N2S. The van der Waals surface area contributed by atoms with Crippen molar-refractivity contribution >= 4 is 12.8 Å². The topological polar surface area (TPSA) is 29.3 Å². The zero-order chi connectivity index (χ0) is 5.98. The highest BCUT2D eigenvalue weighted by Crippen LogP contribution is 2.08. The molecule has 1 heterocycles. The lowest BCUT2D eigenvalue weighted by atomic mass is 10.1. The molecule has 8 heavy (non-hydrogen) atoms. The van der Waals surface area contributed by atoms with E-state index in [0.29, 0.717) is 6.04 Å². The zero-order valence-corrected chi connectivity index (χ0v) is 5.77. The van der Waals surface area contributed by atoms with Crippen molar-refractivity contribution in [1.29, 1.82) is 0 Å². The molecule has 1 aliphatic heterocycles. The van der Waals surface area contributed by atoms with Crippen molar-refractivity contribution in [3.63, 3.8) is 0 Å². The lowest BCUT2D eigenvalue weighted by molar-refractivity contribution is 0.346. The predicted molar refractivity (Wildman–Crippen MR) is 37.8 cm³/mol. The maximum Gasteiger partial charge on any atom is 0.0239 e. The average molecular weight is 132 g/mol. The van der Waals surface area contributed by atoms with Crippen LogP contribution < -0.4 is 5.73 Å². The fourth-order valence-electron chi connectivity index (χ4n) is 0.989. The minimum Gasteiger partial charge on any atom is -0.327 e. The van der Waals surface area contributed by atoms with Crippen LogP contribution in [0.4, 0.5) is 0 Å². The van der Waals surface area contributed by atoms with E-state index in [9.17, 15) is 0 Å². The Balaban J connectivity index is 2.23. The van der Waals surface area contributed by atoms with Crippen LogP contribution in [0.25, 0.3) is 0 Å². The molecule has 0 aromatic carbocycles. The van der Waals surface area contributed by atoms with Crippen molar-refractivity contribution in [3.05, 3.63) is 0 Å². The monoisotopic (exact) mass is 132 g/mol. The van der Waals surface area contributed by atoms with E-state index in [1.54, 1.807) is 0 Å². The van der Waals surface area contributed by atoms with Gasteiger partial charge in [-0.05, 0) is 12.8 Å². The summed E-state index contributed by atoms with van der Waals surface area (Å²) >= 11 is 4.17. The summed E-state index contributed by atoms with van der Waals surface area (Å²) in [7, 11) is 0. The average Bonchev–Trinajstić information content (AvgIpc) is 1.64. The highest BCUT2D eigenvalue weighted by atomic mass is 32.1. The number of nitrogens with two attached hydrogens (primary N) is 1. The second kappa shape index (κ2) is 2.71. The summed E-state index contributed by atoms with van der Waals surface area (Å²) in [5.41, 5.74) is 5.63. The van der Waals surface area contributed by atoms with Crippen LogP contribution in [-0.4, -0.2) is 23.4 Å². The lowest BCUT2D eigenvalue weighted by Gasteiger charge is -2.25. The van der Waals surface area contributed by atoms with Gasteiger partial charge in [0, 0.05) is 19.1 Å². The van der Waals surface area contributed by atoms with Gasteiger partial charge in [-0.2, -0.15) is 0 Å². The van der Waals surface area contributed by atoms with Gasteiger partial charge in [0.2, 0.25) is 0 Å². The molecule has 2 N–H and O–H groups in total. The molecule has 2 nitrogen and oxygen atoms in total. The molecule has 0 bridgehead atoms. The molecule has 1 aliphatic rings. The Morgan fingerprint density at radius 1 is 1.62 bits per heavy atom. The molecule has 0 aromatic rings. The maximum atomic E-state index is 5.63. The van der Waals surface area contributed by atoms with Crippen LogP contribution >= 0.6 is 12.8 Å². The van der Waals surface area contributed by atoms with Gasteiger partial charge in [-0.1, -0.05) is 12.8 Å². The number of nitrogens with zero attached hydrogens (tertiary/aromatic N) is 1. The normalized spacial score (nSPS) is 33.0. The van der Waals surface area contributed by atoms with E-state index in [-0.39, 0.29) is 0 Å². The van der Waals surface area contributed by atoms with Crippen LogP contribution in [0.15, 0.2) is 0 Å². The fourth-order valence-corrected chi connectivity index (χ4v) is 1.34. The summed E-state index contributed by atoms with van der Waals surface area (Å²) in [6.45, 7) is 2.04. The Labute approximate surface area is 55.6 Å². The third kappa shape index (κ3) is 1.65. The van der Waals surface area contributed by atoms with Crippen molar-refractivity contribution < 1.29 is 0 Å². The van der Waals surface area contributed by atoms with Gasteiger partial charge in [0.25, 0.3) is 0 Å². The van der Waals surface area contributed by atoms with E-state index >= 15 is 0 Å². The number of hydrogen-bond donors (Lipinski definition) is 2. The van der Waals surface area contributed by atoms with E-state index in [1.807, 2.05) is 4.31 Å². The molecule has 0 radical (unpaired) electrons. The Kier molecular flexibility index (Phi) is 2.16. The number of hydrogen-bond acceptors (Lipinski definition) is 3. The van der Waals surface area contributed by atoms with Gasteiger partial charge < -0.3 is 5.73 Å². The minimum atomic E-state index is 0.362. The fraction of sp³-hybridized carbons (Fsp3) is 1.00. The van der Waals surface area contributed by atoms with Gasteiger partial charge in [0.05, 0.1) is 0 Å². The van der Waals surface area contributed by atoms with Crippen LogP contribution in [-0.2, 0) is 0 Å². The third-order valence-corrected chi connectivity index (χ3v) is 1.80. The summed E-state index contributed by atoms with van der Waals surface area (Å²) in [6, 6.07) is 0.362. The summed E-state index contributed by atoms with van der Waals surface area (Å²) in [5.74, 6) is 0. The van der Waals surface area contributed by atoms with Gasteiger partial charge in [-0.25, -0.2) is 0 Å². The summed E-state index contributed by atoms with van der Waals surface area (Å²) in [4.78, 5) is 0. The Morgan fingerprint density at radius 3 is 2.75 bits per heavy atom. The number of thiol groups is 1. The van der Waals surface area contributed by atoms with Crippen LogP contribution in [0.3, 0.4) is 0 Å². The molecule has 0 aliphatic carbocycles. The largest absolute Gasteiger partial charge is 0.327 e. The molecule has 1 atom stereocenters. The van der Waals surface area contributed by atoms with Gasteiger partial charge in [0.15, 0.2) is 0 Å². The smallest absolute Gasteiger partial charge is 0.0239 e. The van der Waals surface area contributed by atoms with Crippen molar-refractivity contribution in [2.24, 2.45) is 5.73 Å². The molecule has 0 saturated carbocycles. The van der Waals surface area contributed by atoms with Crippen LogP contribution in [0.2, 0.25) is 0 Å². The molecule has 0 unspecified atom stereocenters. The Hall–Kier alpha value is 0.270. The highest BCUT2D eigenvalue weighted by molar-refractivity contribution is 7.77. The molecule has 48 valence electrons. The maximum absolute atomic E-state index is 5.63. The van der Waals surface area contributed by atoms with E-state index in [2.05, 4.69) is 12.8 Å². The molecule has 1 saturated heterocycles. The van der Waals surface area contributed by atoms with Gasteiger partial charge >= 0.3 is 0 Å². The van der Waals surface area contributed by atoms with Gasteiger partial charge in [0.1, 0.15) is 0 Å². The Morgan fingerprint density at radius 2 is 2.38 bits per heavy atom. The molecule has 0 amide bonds. The first-order chi connectivity index (χ1) is 3.79. The first-order valence-corrected chi connectivity index (χ1v) is 3.38. The number of rotatable bonds is 0. The van der Waals surface area contributed by atoms with E-state index in [4.69, 9.17) is 5.73 Å². The minimum absolute atomic E-state index is 0.362. The van der Waals surface area contributed by atoms with Crippen LogP contribution in [0, 0.1) is 0 Å². The summed E-state index contributed by atoms with van der Waals surface area (Å²) in [5, 5.41) is 0. The van der Waals surface area contributed by atoms with Crippen molar-refractivity contribution in [2.45, 2.75) is 18.9 Å². The SMILES string of the molecule is N[C@@H]1CCCN(S)C1. The first kappa shape index (κ1) is 6.39. The second-order valence-corrected chi connectivity index (χ2v) is 2.88. The Bertz CT molecular complexity index is 68.8. The van der Waals surface area contributed by atoms with Crippen LogP contribution in [0.5, 0.6) is 0 Å². The molecule has 1 fully saturated rings. The zero-order valence-electron chi connectivity index (χ0n) is 4.88. The van der Waals surface area contributed by atoms with E-state index < -0.39 is 0 Å².